The SMILES string of the molecule is CCCC(CC1CCCCC1)C(=O)N(C)CCC(=O)O. The van der Waals surface area contributed by atoms with E-state index in [1.54, 1.807) is 11.9 Å². The van der Waals surface area contributed by atoms with E-state index in [2.05, 4.69) is 6.92 Å². The molecule has 0 bridgehead atoms. The third-order valence-corrected chi connectivity index (χ3v) is 4.37. The number of hydrogen-bond acceptors (Lipinski definition) is 2. The van der Waals surface area contributed by atoms with E-state index in [0.29, 0.717) is 12.5 Å². The number of amides is 1. The molecule has 4 heteroatoms. The average Bonchev–Trinajstić information content (AvgIpc) is 2.44. The van der Waals surface area contributed by atoms with Gasteiger partial charge in [-0.25, -0.2) is 0 Å². The van der Waals surface area contributed by atoms with Gasteiger partial charge in [-0.3, -0.25) is 9.59 Å². The van der Waals surface area contributed by atoms with Crippen molar-refractivity contribution in [2.45, 2.75) is 64.7 Å². The fourth-order valence-corrected chi connectivity index (χ4v) is 3.20. The second kappa shape index (κ2) is 8.98. The molecule has 1 saturated carbocycles. The number of rotatable bonds is 8. The number of aliphatic carboxylic acids is 1. The molecule has 0 aromatic heterocycles. The Labute approximate surface area is 122 Å². The first kappa shape index (κ1) is 17.0. The fourth-order valence-electron chi connectivity index (χ4n) is 3.20. The molecule has 4 nitrogen and oxygen atoms in total. The van der Waals surface area contributed by atoms with E-state index in [1.807, 2.05) is 0 Å². The highest BCUT2D eigenvalue weighted by atomic mass is 16.4. The molecule has 0 aromatic rings. The van der Waals surface area contributed by atoms with Crippen molar-refractivity contribution >= 4 is 11.9 Å². The fraction of sp³-hybridized carbons (Fsp3) is 0.875. The van der Waals surface area contributed by atoms with E-state index in [9.17, 15) is 9.59 Å². The van der Waals surface area contributed by atoms with Crippen molar-refractivity contribution in [3.05, 3.63) is 0 Å². The van der Waals surface area contributed by atoms with Gasteiger partial charge in [0.25, 0.3) is 0 Å². The van der Waals surface area contributed by atoms with Crippen LogP contribution in [0.5, 0.6) is 0 Å². The molecule has 1 aliphatic carbocycles. The standard InChI is InChI=1S/C16H29NO3/c1-3-7-14(12-13-8-5-4-6-9-13)16(20)17(2)11-10-15(18)19/h13-14H,3-12H2,1-2H3,(H,18,19). The van der Waals surface area contributed by atoms with Crippen molar-refractivity contribution in [1.82, 2.24) is 4.90 Å². The second-order valence-electron chi connectivity index (χ2n) is 6.13. The van der Waals surface area contributed by atoms with Gasteiger partial charge in [0.1, 0.15) is 0 Å². The van der Waals surface area contributed by atoms with Gasteiger partial charge in [0.05, 0.1) is 6.42 Å². The molecule has 1 aliphatic rings. The van der Waals surface area contributed by atoms with Crippen LogP contribution in [-0.2, 0) is 9.59 Å². The molecule has 1 fully saturated rings. The zero-order valence-corrected chi connectivity index (χ0v) is 12.9. The van der Waals surface area contributed by atoms with Crippen LogP contribution >= 0.6 is 0 Å². The van der Waals surface area contributed by atoms with E-state index in [-0.39, 0.29) is 18.2 Å². The second-order valence-corrected chi connectivity index (χ2v) is 6.13. The molecule has 0 spiro atoms. The van der Waals surface area contributed by atoms with Crippen LogP contribution in [0.25, 0.3) is 0 Å². The molecule has 1 unspecified atom stereocenters. The molecule has 0 heterocycles. The summed E-state index contributed by atoms with van der Waals surface area (Å²) in [6.45, 7) is 2.43. The van der Waals surface area contributed by atoms with E-state index in [0.717, 1.165) is 19.3 Å². The largest absolute Gasteiger partial charge is 0.481 e. The van der Waals surface area contributed by atoms with Gasteiger partial charge in [-0.15, -0.1) is 0 Å². The monoisotopic (exact) mass is 283 g/mol. The van der Waals surface area contributed by atoms with Crippen LogP contribution in [0.15, 0.2) is 0 Å². The first-order chi connectivity index (χ1) is 9.54. The smallest absolute Gasteiger partial charge is 0.305 e. The summed E-state index contributed by atoms with van der Waals surface area (Å²) in [6, 6.07) is 0. The van der Waals surface area contributed by atoms with Crippen LogP contribution < -0.4 is 0 Å². The summed E-state index contributed by atoms with van der Waals surface area (Å²) < 4.78 is 0. The number of hydrogen-bond donors (Lipinski definition) is 1. The van der Waals surface area contributed by atoms with Crippen molar-refractivity contribution < 1.29 is 14.7 Å². The van der Waals surface area contributed by atoms with Crippen molar-refractivity contribution in [3.63, 3.8) is 0 Å². The molecular formula is C16H29NO3. The third-order valence-electron chi connectivity index (χ3n) is 4.37. The summed E-state index contributed by atoms with van der Waals surface area (Å²) >= 11 is 0. The Morgan fingerprint density at radius 1 is 1.25 bits per heavy atom. The number of nitrogens with zero attached hydrogens (tertiary/aromatic N) is 1. The third kappa shape index (κ3) is 5.93. The molecule has 20 heavy (non-hydrogen) atoms. The molecule has 0 radical (unpaired) electrons. The summed E-state index contributed by atoms with van der Waals surface area (Å²) in [7, 11) is 1.73. The topological polar surface area (TPSA) is 57.6 Å². The lowest BCUT2D eigenvalue weighted by Gasteiger charge is -2.28. The summed E-state index contributed by atoms with van der Waals surface area (Å²) in [5.41, 5.74) is 0. The zero-order valence-electron chi connectivity index (χ0n) is 12.9. The maximum absolute atomic E-state index is 12.5. The molecule has 1 N–H and O–H groups in total. The van der Waals surface area contributed by atoms with Crippen molar-refractivity contribution in [1.29, 1.82) is 0 Å². The minimum absolute atomic E-state index is 0.0323. The van der Waals surface area contributed by atoms with Gasteiger partial charge in [0, 0.05) is 19.5 Å². The van der Waals surface area contributed by atoms with E-state index in [4.69, 9.17) is 5.11 Å². The first-order valence-corrected chi connectivity index (χ1v) is 8.01. The Balaban J connectivity index is 2.49. The lowest BCUT2D eigenvalue weighted by Crippen LogP contribution is -2.35. The molecule has 0 aliphatic heterocycles. The summed E-state index contributed by atoms with van der Waals surface area (Å²) in [5.74, 6) is 0.0710. The first-order valence-electron chi connectivity index (χ1n) is 8.01. The van der Waals surface area contributed by atoms with Crippen molar-refractivity contribution in [2.75, 3.05) is 13.6 Å². The molecule has 116 valence electrons. The van der Waals surface area contributed by atoms with Gasteiger partial charge in [0.15, 0.2) is 0 Å². The van der Waals surface area contributed by atoms with Crippen molar-refractivity contribution in [2.24, 2.45) is 11.8 Å². The maximum atomic E-state index is 12.5. The van der Waals surface area contributed by atoms with Gasteiger partial charge < -0.3 is 10.0 Å². The van der Waals surface area contributed by atoms with Crippen LogP contribution in [0.3, 0.4) is 0 Å². The number of carboxylic acids is 1. The predicted molar refractivity (Wildman–Crippen MR) is 79.5 cm³/mol. The minimum atomic E-state index is -0.844. The molecule has 1 atom stereocenters. The van der Waals surface area contributed by atoms with E-state index >= 15 is 0 Å². The number of carbonyl (C=O) groups is 2. The van der Waals surface area contributed by atoms with Gasteiger partial charge >= 0.3 is 5.97 Å². The molecule has 0 saturated heterocycles. The van der Waals surface area contributed by atoms with E-state index < -0.39 is 5.97 Å². The van der Waals surface area contributed by atoms with Gasteiger partial charge in [0.2, 0.25) is 5.91 Å². The summed E-state index contributed by atoms with van der Waals surface area (Å²) in [5, 5.41) is 8.71. The van der Waals surface area contributed by atoms with Gasteiger partial charge in [-0.2, -0.15) is 0 Å². The Hall–Kier alpha value is -1.06. The van der Waals surface area contributed by atoms with Crippen molar-refractivity contribution in [3.8, 4) is 0 Å². The van der Waals surface area contributed by atoms with Crippen LogP contribution in [0.4, 0.5) is 0 Å². The molecule has 0 aromatic carbocycles. The Bertz CT molecular complexity index is 311. The molecular weight excluding hydrogens is 254 g/mol. The lowest BCUT2D eigenvalue weighted by molar-refractivity contribution is -0.139. The van der Waals surface area contributed by atoms with Gasteiger partial charge in [-0.05, 0) is 18.8 Å². The van der Waals surface area contributed by atoms with E-state index in [1.165, 1.54) is 32.1 Å². The highest BCUT2D eigenvalue weighted by Gasteiger charge is 2.26. The summed E-state index contributed by atoms with van der Waals surface area (Å²) in [6.07, 6.45) is 9.40. The predicted octanol–water partition coefficient (Wildman–Crippen LogP) is 3.31. The number of carboxylic acid groups (broad SMARTS) is 1. The minimum Gasteiger partial charge on any atom is -0.481 e. The number of carbonyl (C=O) groups excluding carboxylic acids is 1. The quantitative estimate of drug-likeness (QED) is 0.743. The zero-order chi connectivity index (χ0) is 15.0. The Morgan fingerprint density at radius 3 is 2.45 bits per heavy atom. The average molecular weight is 283 g/mol. The Kier molecular flexibility index (Phi) is 7.63. The normalized spacial score (nSPS) is 17.7. The van der Waals surface area contributed by atoms with Gasteiger partial charge in [-0.1, -0.05) is 45.4 Å². The lowest BCUT2D eigenvalue weighted by atomic mass is 9.81. The Morgan fingerprint density at radius 2 is 1.90 bits per heavy atom. The molecule has 1 amide bonds. The van der Waals surface area contributed by atoms with Crippen LogP contribution in [0.2, 0.25) is 0 Å². The van der Waals surface area contributed by atoms with Crippen LogP contribution in [0.1, 0.15) is 64.7 Å². The molecule has 1 rings (SSSR count). The highest BCUT2D eigenvalue weighted by Crippen LogP contribution is 2.31. The van der Waals surface area contributed by atoms with Crippen LogP contribution in [0, 0.1) is 11.8 Å². The highest BCUT2D eigenvalue weighted by molar-refractivity contribution is 5.79. The maximum Gasteiger partial charge on any atom is 0.305 e. The van der Waals surface area contributed by atoms with Crippen LogP contribution in [-0.4, -0.2) is 35.5 Å². The summed E-state index contributed by atoms with van der Waals surface area (Å²) in [4.78, 5) is 24.7.